The summed E-state index contributed by atoms with van der Waals surface area (Å²) in [5, 5.41) is 11.3. The maximum Gasteiger partial charge on any atom is 0.350 e. The third-order valence-electron chi connectivity index (χ3n) is 4.05. The molecule has 0 amide bonds. The molecule has 26 heavy (non-hydrogen) atoms. The Kier molecular flexibility index (Phi) is 5.37. The Hall–Kier alpha value is -2.27. The van der Waals surface area contributed by atoms with Gasteiger partial charge in [-0.15, -0.1) is 22.7 Å². The van der Waals surface area contributed by atoms with Crippen LogP contribution >= 0.6 is 22.7 Å². The van der Waals surface area contributed by atoms with Crippen LogP contribution in [0.5, 0.6) is 0 Å². The molecule has 1 aromatic carbocycles. The predicted molar refractivity (Wildman–Crippen MR) is 104 cm³/mol. The second-order valence-corrected chi connectivity index (χ2v) is 7.79. The van der Waals surface area contributed by atoms with Crippen LogP contribution in [0.4, 0.5) is 0 Å². The van der Waals surface area contributed by atoms with Crippen LogP contribution in [-0.2, 0) is 9.47 Å². The zero-order chi connectivity index (χ0) is 18.8. The van der Waals surface area contributed by atoms with Crippen molar-refractivity contribution in [3.05, 3.63) is 39.9 Å². The summed E-state index contributed by atoms with van der Waals surface area (Å²) in [6.45, 7) is 5.87. The van der Waals surface area contributed by atoms with Crippen molar-refractivity contribution in [1.29, 1.82) is 5.26 Å². The molecule has 0 aliphatic heterocycles. The molecule has 0 spiro atoms. The summed E-state index contributed by atoms with van der Waals surface area (Å²) in [6, 6.07) is 8.19. The monoisotopic (exact) mass is 386 g/mol. The molecule has 2 aromatic heterocycles. The van der Waals surface area contributed by atoms with Crippen LogP contribution in [0.2, 0.25) is 0 Å². The van der Waals surface area contributed by atoms with Gasteiger partial charge in [0.25, 0.3) is 0 Å². The molecule has 0 saturated carbocycles. The number of aryl methyl sites for hydroxylation is 1. The van der Waals surface area contributed by atoms with E-state index in [2.05, 4.69) is 11.1 Å². The van der Waals surface area contributed by atoms with Gasteiger partial charge in [0.2, 0.25) is 0 Å². The van der Waals surface area contributed by atoms with E-state index in [1.54, 1.807) is 21.0 Å². The lowest BCUT2D eigenvalue weighted by atomic mass is 10.0. The van der Waals surface area contributed by atoms with E-state index in [-0.39, 0.29) is 12.1 Å². The normalized spacial score (nSPS) is 12.1. The lowest BCUT2D eigenvalue weighted by Crippen LogP contribution is -2.03. The summed E-state index contributed by atoms with van der Waals surface area (Å²) in [4.78, 5) is 18.0. The Morgan fingerprint density at radius 2 is 2.12 bits per heavy atom. The van der Waals surface area contributed by atoms with Gasteiger partial charge in [0, 0.05) is 7.11 Å². The zero-order valence-corrected chi connectivity index (χ0v) is 16.6. The number of carbonyl (C=O) groups excluding carboxylic acids is 1. The van der Waals surface area contributed by atoms with Crippen molar-refractivity contribution < 1.29 is 14.3 Å². The summed E-state index contributed by atoms with van der Waals surface area (Å²) in [5.41, 5.74) is 2.25. The highest BCUT2D eigenvalue weighted by atomic mass is 32.1. The van der Waals surface area contributed by atoms with Crippen LogP contribution in [-0.4, -0.2) is 24.7 Å². The van der Waals surface area contributed by atoms with Crippen molar-refractivity contribution >= 4 is 38.7 Å². The van der Waals surface area contributed by atoms with Crippen LogP contribution in [0.1, 0.15) is 46.4 Å². The minimum Gasteiger partial charge on any atom is -0.462 e. The smallest absolute Gasteiger partial charge is 0.350 e. The molecule has 0 N–H and O–H groups in total. The van der Waals surface area contributed by atoms with E-state index in [0.717, 1.165) is 25.5 Å². The fourth-order valence-corrected chi connectivity index (χ4v) is 4.73. The molecule has 0 bridgehead atoms. The first kappa shape index (κ1) is 18.5. The number of methoxy groups -OCH3 is 1. The van der Waals surface area contributed by atoms with Gasteiger partial charge in [0.15, 0.2) is 0 Å². The third-order valence-corrected chi connectivity index (χ3v) is 6.54. The molecule has 0 fully saturated rings. The van der Waals surface area contributed by atoms with Crippen molar-refractivity contribution in [1.82, 2.24) is 4.98 Å². The van der Waals surface area contributed by atoms with Crippen molar-refractivity contribution in [3.8, 4) is 16.0 Å². The Bertz CT molecular complexity index is 1010. The Morgan fingerprint density at radius 1 is 1.35 bits per heavy atom. The molecule has 3 aromatic rings. The first-order valence-corrected chi connectivity index (χ1v) is 9.77. The number of benzene rings is 1. The van der Waals surface area contributed by atoms with Gasteiger partial charge in [-0.05, 0) is 49.9 Å². The molecule has 5 nitrogen and oxygen atoms in total. The topological polar surface area (TPSA) is 72.2 Å². The average molecular weight is 386 g/mol. The number of nitriles is 1. The maximum absolute atomic E-state index is 12.0. The van der Waals surface area contributed by atoms with Crippen LogP contribution in [0.3, 0.4) is 0 Å². The minimum atomic E-state index is -0.344. The number of esters is 1. The highest BCUT2D eigenvalue weighted by molar-refractivity contribution is 7.26. The second kappa shape index (κ2) is 7.54. The molecule has 0 aliphatic carbocycles. The summed E-state index contributed by atoms with van der Waals surface area (Å²) in [7, 11) is 1.65. The number of fused-ring (bicyclic) bond motifs is 1. The molecule has 0 aliphatic rings. The van der Waals surface area contributed by atoms with Crippen LogP contribution in [0.25, 0.3) is 20.0 Å². The van der Waals surface area contributed by atoms with Gasteiger partial charge in [0.1, 0.15) is 16.0 Å². The molecule has 1 atom stereocenters. The number of hydrogen-bond acceptors (Lipinski definition) is 7. The van der Waals surface area contributed by atoms with E-state index in [0.29, 0.717) is 22.7 Å². The van der Waals surface area contributed by atoms with Gasteiger partial charge < -0.3 is 9.47 Å². The van der Waals surface area contributed by atoms with Crippen molar-refractivity contribution in [2.24, 2.45) is 0 Å². The summed E-state index contributed by atoms with van der Waals surface area (Å²) < 4.78 is 11.4. The quantitative estimate of drug-likeness (QED) is 0.571. The minimum absolute atomic E-state index is 0.0904. The van der Waals surface area contributed by atoms with E-state index >= 15 is 0 Å². The number of thiophene rings is 1. The number of carbonyl (C=O) groups is 1. The third kappa shape index (κ3) is 3.36. The zero-order valence-electron chi connectivity index (χ0n) is 15.0. The van der Waals surface area contributed by atoms with Gasteiger partial charge >= 0.3 is 5.97 Å². The van der Waals surface area contributed by atoms with Gasteiger partial charge in [-0.2, -0.15) is 5.26 Å². The molecule has 0 saturated heterocycles. The number of thiazole rings is 1. The molecule has 1 unspecified atom stereocenters. The van der Waals surface area contributed by atoms with E-state index in [4.69, 9.17) is 9.47 Å². The molecule has 7 heteroatoms. The number of hydrogen-bond donors (Lipinski definition) is 0. The van der Waals surface area contributed by atoms with Gasteiger partial charge in [-0.25, -0.2) is 9.78 Å². The second-order valence-electron chi connectivity index (χ2n) is 5.74. The Morgan fingerprint density at radius 3 is 2.77 bits per heavy atom. The average Bonchev–Trinajstić information content (AvgIpc) is 3.23. The van der Waals surface area contributed by atoms with Crippen molar-refractivity contribution in [2.75, 3.05) is 13.7 Å². The van der Waals surface area contributed by atoms with Gasteiger partial charge in [-0.1, -0.05) is 0 Å². The van der Waals surface area contributed by atoms with Crippen molar-refractivity contribution in [3.63, 3.8) is 0 Å². The first-order valence-electron chi connectivity index (χ1n) is 8.13. The largest absolute Gasteiger partial charge is 0.462 e. The SMILES string of the molecule is CCOC(=O)c1sc(-c2cc3cc(C(C)OC)cc(C#N)c3s2)nc1C. The summed E-state index contributed by atoms with van der Waals surface area (Å²) in [6.07, 6.45) is -0.0904. The first-order chi connectivity index (χ1) is 12.5. The predicted octanol–water partition coefficient (Wildman–Crippen LogP) is 5.09. The van der Waals surface area contributed by atoms with Crippen molar-refractivity contribution in [2.45, 2.75) is 26.9 Å². The fourth-order valence-electron chi connectivity index (χ4n) is 2.62. The number of aromatic nitrogens is 1. The summed E-state index contributed by atoms with van der Waals surface area (Å²) >= 11 is 2.83. The molecular formula is C19H18N2O3S2. The highest BCUT2D eigenvalue weighted by Crippen LogP contribution is 2.39. The highest BCUT2D eigenvalue weighted by Gasteiger charge is 2.19. The van der Waals surface area contributed by atoms with E-state index < -0.39 is 0 Å². The van der Waals surface area contributed by atoms with Crippen LogP contribution in [0.15, 0.2) is 18.2 Å². The molecule has 134 valence electrons. The molecular weight excluding hydrogens is 368 g/mol. The fraction of sp³-hybridized carbons (Fsp3) is 0.316. The molecule has 2 heterocycles. The summed E-state index contributed by atoms with van der Waals surface area (Å²) in [5.74, 6) is -0.344. The Balaban J connectivity index is 2.09. The van der Waals surface area contributed by atoms with E-state index in [1.165, 1.54) is 22.7 Å². The number of rotatable bonds is 5. The van der Waals surface area contributed by atoms with Gasteiger partial charge in [-0.3, -0.25) is 0 Å². The standard InChI is InChI=1S/C19H18N2O3S2/c1-5-24-19(22)16-10(2)21-18(26-16)15-8-13-6-12(11(3)23-4)7-14(9-20)17(13)25-15/h6-8,11H,5H2,1-4H3. The number of nitrogens with zero attached hydrogens (tertiary/aromatic N) is 2. The molecule has 3 rings (SSSR count). The van der Waals surface area contributed by atoms with Crippen LogP contribution < -0.4 is 0 Å². The number of ether oxygens (including phenoxy) is 2. The lowest BCUT2D eigenvalue weighted by molar-refractivity contribution is 0.0531. The van der Waals surface area contributed by atoms with Gasteiger partial charge in [0.05, 0.1) is 33.5 Å². The maximum atomic E-state index is 12.0. The lowest BCUT2D eigenvalue weighted by Gasteiger charge is -2.10. The van der Waals surface area contributed by atoms with E-state index in [9.17, 15) is 10.1 Å². The Labute approximate surface area is 159 Å². The molecule has 0 radical (unpaired) electrons. The van der Waals surface area contributed by atoms with Crippen LogP contribution in [0, 0.1) is 18.3 Å². The van der Waals surface area contributed by atoms with E-state index in [1.807, 2.05) is 25.1 Å².